The first-order chi connectivity index (χ1) is 9.20. The van der Waals surface area contributed by atoms with E-state index >= 15 is 0 Å². The van der Waals surface area contributed by atoms with E-state index in [1.54, 1.807) is 0 Å². The van der Waals surface area contributed by atoms with E-state index in [1.165, 1.54) is 6.92 Å². The molecule has 0 aromatic carbocycles. The van der Waals surface area contributed by atoms with Crippen molar-refractivity contribution >= 4 is 5.97 Å². The maximum Gasteiger partial charge on any atom is 0.366 e. The highest BCUT2D eigenvalue weighted by Crippen LogP contribution is 2.34. The number of rotatable bonds is 4. The molecule has 1 rings (SSSR count). The van der Waals surface area contributed by atoms with Crippen LogP contribution < -0.4 is 5.73 Å². The molecule has 1 fully saturated rings. The molecule has 20 heavy (non-hydrogen) atoms. The van der Waals surface area contributed by atoms with Crippen molar-refractivity contribution in [2.45, 2.75) is 43.2 Å². The number of hydrogen-bond donors (Lipinski definition) is 6. The van der Waals surface area contributed by atoms with Gasteiger partial charge in [-0.3, -0.25) is 0 Å². The zero-order valence-electron chi connectivity index (χ0n) is 11.2. The molecular weight excluding hydrogens is 274 g/mol. The summed E-state index contributed by atoms with van der Waals surface area (Å²) < 4.78 is 9.48. The van der Waals surface area contributed by atoms with Crippen molar-refractivity contribution in [2.24, 2.45) is 11.7 Å². The Bertz CT molecular complexity index is 349. The molecule has 2 unspecified atom stereocenters. The summed E-state index contributed by atoms with van der Waals surface area (Å²) in [5, 5.41) is 48.2. The second-order valence-electron chi connectivity index (χ2n) is 4.87. The van der Waals surface area contributed by atoms with Gasteiger partial charge in [0.1, 0.15) is 18.3 Å². The number of carbonyl (C=O) groups is 1. The summed E-state index contributed by atoms with van der Waals surface area (Å²) in [5.41, 5.74) is 5.68. The van der Waals surface area contributed by atoms with Gasteiger partial charge in [0.15, 0.2) is 0 Å². The Labute approximate surface area is 115 Å². The molecule has 118 valence electrons. The van der Waals surface area contributed by atoms with Gasteiger partial charge in [0.25, 0.3) is 5.79 Å². The van der Waals surface area contributed by atoms with Crippen LogP contribution in [-0.4, -0.2) is 81.5 Å². The molecule has 7 atom stereocenters. The number of aliphatic hydroxyl groups is 5. The Kier molecular flexibility index (Phi) is 5.44. The van der Waals surface area contributed by atoms with Crippen LogP contribution in [0.2, 0.25) is 0 Å². The highest BCUT2D eigenvalue weighted by molar-refractivity contribution is 5.78. The lowest BCUT2D eigenvalue weighted by Gasteiger charge is -2.47. The number of methoxy groups -OCH3 is 1. The summed E-state index contributed by atoms with van der Waals surface area (Å²) in [6.07, 6.45) is -6.16. The SMILES string of the molecule is COC(=O)C1(O)O[C@@H]([C@H](O)[C@H](O)CO)[C@H](N)[C@@H](O)C1C. The van der Waals surface area contributed by atoms with Crippen molar-refractivity contribution in [3.63, 3.8) is 0 Å². The number of carbonyl (C=O) groups excluding carboxylic acids is 1. The Morgan fingerprint density at radius 1 is 1.50 bits per heavy atom. The molecule has 1 aliphatic rings. The summed E-state index contributed by atoms with van der Waals surface area (Å²) in [4.78, 5) is 11.6. The molecule has 9 nitrogen and oxygen atoms in total. The molecule has 0 amide bonds. The van der Waals surface area contributed by atoms with Crippen LogP contribution in [0.4, 0.5) is 0 Å². The van der Waals surface area contributed by atoms with Crippen LogP contribution in [0.3, 0.4) is 0 Å². The number of esters is 1. The Morgan fingerprint density at radius 2 is 2.05 bits per heavy atom. The smallest absolute Gasteiger partial charge is 0.366 e. The average Bonchev–Trinajstić information content (AvgIpc) is 2.46. The van der Waals surface area contributed by atoms with Crippen LogP contribution in [-0.2, 0) is 14.3 Å². The molecule has 0 spiro atoms. The van der Waals surface area contributed by atoms with Crippen LogP contribution in [0.15, 0.2) is 0 Å². The summed E-state index contributed by atoms with van der Waals surface area (Å²) >= 11 is 0. The molecule has 0 aromatic rings. The molecule has 0 aliphatic carbocycles. The Balaban J connectivity index is 3.06. The first-order valence-electron chi connectivity index (χ1n) is 6.10. The van der Waals surface area contributed by atoms with Crippen LogP contribution in [0.1, 0.15) is 6.92 Å². The molecule has 0 saturated carbocycles. The minimum atomic E-state index is -2.51. The lowest BCUT2D eigenvalue weighted by molar-refractivity contribution is -0.316. The molecular formula is C11H21NO8. The van der Waals surface area contributed by atoms with Crippen LogP contribution in [0.25, 0.3) is 0 Å². The highest BCUT2D eigenvalue weighted by Gasteiger charge is 2.57. The maximum atomic E-state index is 11.6. The second-order valence-corrected chi connectivity index (χ2v) is 4.87. The zero-order valence-corrected chi connectivity index (χ0v) is 11.2. The van der Waals surface area contributed by atoms with E-state index in [0.29, 0.717) is 0 Å². The van der Waals surface area contributed by atoms with Gasteiger partial charge in [0.2, 0.25) is 0 Å². The summed E-state index contributed by atoms with van der Waals surface area (Å²) in [5.74, 6) is -4.78. The van der Waals surface area contributed by atoms with Crippen molar-refractivity contribution in [3.05, 3.63) is 0 Å². The minimum Gasteiger partial charge on any atom is -0.465 e. The van der Waals surface area contributed by atoms with Crippen molar-refractivity contribution < 1.29 is 39.8 Å². The van der Waals surface area contributed by atoms with Gasteiger partial charge < -0.3 is 40.7 Å². The fourth-order valence-electron chi connectivity index (χ4n) is 2.16. The Hall–Kier alpha value is -0.810. The van der Waals surface area contributed by atoms with Gasteiger partial charge in [-0.25, -0.2) is 4.79 Å². The predicted octanol–water partition coefficient (Wildman–Crippen LogP) is -3.71. The van der Waals surface area contributed by atoms with Gasteiger partial charge >= 0.3 is 5.97 Å². The molecule has 7 N–H and O–H groups in total. The lowest BCUT2D eigenvalue weighted by atomic mass is 9.82. The standard InChI is InChI=1S/C11H21NO8/c1-4-7(15)6(12)9(8(16)5(14)3-13)20-11(4,18)10(17)19-2/h4-9,13-16,18H,3,12H2,1-2H3/t4?,5-,6-,7+,8-,9-,11?/m1/s1. The first kappa shape index (κ1) is 17.2. The summed E-state index contributed by atoms with van der Waals surface area (Å²) in [6.45, 7) is 0.544. The highest BCUT2D eigenvalue weighted by atomic mass is 16.7. The largest absolute Gasteiger partial charge is 0.465 e. The summed E-state index contributed by atoms with van der Waals surface area (Å²) in [6, 6.07) is -1.17. The summed E-state index contributed by atoms with van der Waals surface area (Å²) in [7, 11) is 1.02. The van der Waals surface area contributed by atoms with Crippen molar-refractivity contribution in [1.82, 2.24) is 0 Å². The topological polar surface area (TPSA) is 163 Å². The van der Waals surface area contributed by atoms with Gasteiger partial charge in [-0.15, -0.1) is 0 Å². The molecule has 1 heterocycles. The fourth-order valence-corrected chi connectivity index (χ4v) is 2.16. The first-order valence-corrected chi connectivity index (χ1v) is 6.10. The second kappa shape index (κ2) is 6.31. The van der Waals surface area contributed by atoms with Crippen molar-refractivity contribution in [1.29, 1.82) is 0 Å². The fraction of sp³-hybridized carbons (Fsp3) is 0.909. The molecule has 0 aromatic heterocycles. The predicted molar refractivity (Wildman–Crippen MR) is 64.1 cm³/mol. The third-order valence-corrected chi connectivity index (χ3v) is 3.61. The lowest BCUT2D eigenvalue weighted by Crippen LogP contribution is -2.69. The van der Waals surface area contributed by atoms with Crippen molar-refractivity contribution in [2.75, 3.05) is 13.7 Å². The molecule has 0 radical (unpaired) electrons. The van der Waals surface area contributed by atoms with E-state index in [-0.39, 0.29) is 0 Å². The van der Waals surface area contributed by atoms with E-state index in [9.17, 15) is 25.2 Å². The van der Waals surface area contributed by atoms with Crippen LogP contribution in [0.5, 0.6) is 0 Å². The number of nitrogens with two attached hydrogens (primary N) is 1. The molecule has 0 bridgehead atoms. The van der Waals surface area contributed by atoms with Crippen LogP contribution >= 0.6 is 0 Å². The molecule has 1 saturated heterocycles. The van der Waals surface area contributed by atoms with Crippen molar-refractivity contribution in [3.8, 4) is 0 Å². The van der Waals surface area contributed by atoms with Gasteiger partial charge in [-0.1, -0.05) is 6.92 Å². The molecule has 9 heteroatoms. The number of aliphatic hydroxyl groups excluding tert-OH is 4. The van der Waals surface area contributed by atoms with Gasteiger partial charge in [0.05, 0.1) is 25.9 Å². The normalized spacial score (nSPS) is 41.0. The third kappa shape index (κ3) is 2.79. The van der Waals surface area contributed by atoms with E-state index in [1.807, 2.05) is 0 Å². The maximum absolute atomic E-state index is 11.6. The zero-order chi connectivity index (χ0) is 15.7. The monoisotopic (exact) mass is 295 g/mol. The van der Waals surface area contributed by atoms with Gasteiger partial charge in [-0.05, 0) is 0 Å². The van der Waals surface area contributed by atoms with Crippen LogP contribution in [0, 0.1) is 5.92 Å². The van der Waals surface area contributed by atoms with E-state index < -0.39 is 54.7 Å². The minimum absolute atomic E-state index is 0.782. The van der Waals surface area contributed by atoms with E-state index in [0.717, 1.165) is 7.11 Å². The quantitative estimate of drug-likeness (QED) is 0.286. The van der Waals surface area contributed by atoms with E-state index in [2.05, 4.69) is 4.74 Å². The number of ether oxygens (including phenoxy) is 2. The average molecular weight is 295 g/mol. The van der Waals surface area contributed by atoms with E-state index in [4.69, 9.17) is 15.6 Å². The van der Waals surface area contributed by atoms with Gasteiger partial charge in [-0.2, -0.15) is 0 Å². The third-order valence-electron chi connectivity index (χ3n) is 3.61. The van der Waals surface area contributed by atoms with Gasteiger partial charge in [0, 0.05) is 5.92 Å². The Morgan fingerprint density at radius 3 is 2.50 bits per heavy atom. The number of hydrogen-bond acceptors (Lipinski definition) is 9. The molecule has 1 aliphatic heterocycles.